The van der Waals surface area contributed by atoms with E-state index in [2.05, 4.69) is 25.0 Å². The van der Waals surface area contributed by atoms with Crippen molar-refractivity contribution in [2.75, 3.05) is 0 Å². The normalized spacial score (nSPS) is 12.0. The SMILES string of the molecule is CC(C)(C)OC(=O)NCc1ccc(O[Si](C)(C)C)cc1Cl. The molecule has 0 aromatic heterocycles. The van der Waals surface area contributed by atoms with Gasteiger partial charge >= 0.3 is 6.09 Å². The Kier molecular flexibility index (Phi) is 5.70. The number of halogens is 1. The molecule has 6 heteroatoms. The Morgan fingerprint density at radius 1 is 1.29 bits per heavy atom. The first-order valence-corrected chi connectivity index (χ1v) is 10.7. The van der Waals surface area contributed by atoms with Gasteiger partial charge in [0.05, 0.1) is 0 Å². The molecule has 21 heavy (non-hydrogen) atoms. The van der Waals surface area contributed by atoms with Crippen molar-refractivity contribution in [2.24, 2.45) is 0 Å². The minimum absolute atomic E-state index is 0.320. The third kappa shape index (κ3) is 7.39. The highest BCUT2D eigenvalue weighted by atomic mass is 35.5. The molecule has 0 saturated carbocycles. The summed E-state index contributed by atoms with van der Waals surface area (Å²) in [6.07, 6.45) is -0.457. The van der Waals surface area contributed by atoms with Crippen LogP contribution in [0.2, 0.25) is 24.7 Å². The number of ether oxygens (including phenoxy) is 1. The van der Waals surface area contributed by atoms with E-state index >= 15 is 0 Å². The van der Waals surface area contributed by atoms with E-state index in [-0.39, 0.29) is 0 Å². The molecular formula is C15H24ClNO3Si. The van der Waals surface area contributed by atoms with Crippen molar-refractivity contribution in [2.45, 2.75) is 52.6 Å². The Morgan fingerprint density at radius 3 is 2.38 bits per heavy atom. The summed E-state index contributed by atoms with van der Waals surface area (Å²) in [4.78, 5) is 11.6. The van der Waals surface area contributed by atoms with Crippen molar-refractivity contribution in [3.63, 3.8) is 0 Å². The molecule has 0 heterocycles. The second-order valence-electron chi connectivity index (χ2n) is 6.82. The molecule has 0 radical (unpaired) electrons. The minimum Gasteiger partial charge on any atom is -0.544 e. The van der Waals surface area contributed by atoms with Gasteiger partial charge in [0.25, 0.3) is 0 Å². The Labute approximate surface area is 132 Å². The fraction of sp³-hybridized carbons (Fsp3) is 0.533. The first-order chi connectivity index (χ1) is 9.46. The molecule has 0 atom stereocenters. The zero-order valence-corrected chi connectivity index (χ0v) is 15.3. The summed E-state index contributed by atoms with van der Waals surface area (Å²) >= 11 is 6.22. The quantitative estimate of drug-likeness (QED) is 0.822. The van der Waals surface area contributed by atoms with Gasteiger partial charge < -0.3 is 14.5 Å². The van der Waals surface area contributed by atoms with Crippen LogP contribution >= 0.6 is 11.6 Å². The van der Waals surface area contributed by atoms with E-state index in [9.17, 15) is 4.79 Å². The molecule has 4 nitrogen and oxygen atoms in total. The van der Waals surface area contributed by atoms with Gasteiger partial charge in [-0.1, -0.05) is 17.7 Å². The summed E-state index contributed by atoms with van der Waals surface area (Å²) in [7, 11) is -1.65. The van der Waals surface area contributed by atoms with E-state index in [1.807, 2.05) is 32.9 Å². The van der Waals surface area contributed by atoms with Gasteiger partial charge in [0, 0.05) is 11.6 Å². The molecule has 0 aliphatic heterocycles. The molecule has 118 valence electrons. The predicted molar refractivity (Wildman–Crippen MR) is 88.5 cm³/mol. The van der Waals surface area contributed by atoms with Crippen molar-refractivity contribution < 1.29 is 14.0 Å². The number of hydrogen-bond donors (Lipinski definition) is 1. The number of benzene rings is 1. The Balaban J connectivity index is 2.63. The summed E-state index contributed by atoms with van der Waals surface area (Å²) in [6, 6.07) is 5.51. The number of carbonyl (C=O) groups is 1. The number of alkyl carbamates (subject to hydrolysis) is 1. The first kappa shape index (κ1) is 17.8. The molecule has 1 aromatic carbocycles. The van der Waals surface area contributed by atoms with Crippen molar-refractivity contribution in [3.05, 3.63) is 28.8 Å². The predicted octanol–water partition coefficient (Wildman–Crippen LogP) is 4.58. The molecule has 1 N–H and O–H groups in total. The average Bonchev–Trinajstić information content (AvgIpc) is 2.23. The van der Waals surface area contributed by atoms with E-state index in [1.54, 1.807) is 6.07 Å². The van der Waals surface area contributed by atoms with Gasteiger partial charge in [-0.25, -0.2) is 4.79 Å². The number of carbonyl (C=O) groups excluding carboxylic acids is 1. The molecule has 0 saturated heterocycles. The largest absolute Gasteiger partial charge is 0.544 e. The molecule has 0 aliphatic carbocycles. The standard InChI is InChI=1S/C15H24ClNO3Si/c1-15(2,3)19-14(18)17-10-11-7-8-12(9-13(11)16)20-21(4,5)6/h7-9H,10H2,1-6H3,(H,17,18). The third-order valence-corrected chi connectivity index (χ3v) is 3.47. The molecule has 1 rings (SSSR count). The van der Waals surface area contributed by atoms with Crippen LogP contribution in [0.5, 0.6) is 5.75 Å². The first-order valence-electron chi connectivity index (χ1n) is 6.90. The Morgan fingerprint density at radius 2 is 1.90 bits per heavy atom. The monoisotopic (exact) mass is 329 g/mol. The molecule has 0 fully saturated rings. The fourth-order valence-corrected chi connectivity index (χ4v) is 2.64. The highest BCUT2D eigenvalue weighted by Gasteiger charge is 2.18. The van der Waals surface area contributed by atoms with Crippen LogP contribution in [0, 0.1) is 0 Å². The maximum absolute atomic E-state index is 11.6. The lowest BCUT2D eigenvalue weighted by molar-refractivity contribution is 0.0523. The van der Waals surface area contributed by atoms with Gasteiger partial charge in [-0.15, -0.1) is 0 Å². The zero-order valence-electron chi connectivity index (χ0n) is 13.5. The highest BCUT2D eigenvalue weighted by molar-refractivity contribution is 6.70. The lowest BCUT2D eigenvalue weighted by Gasteiger charge is -2.21. The second kappa shape index (κ2) is 6.71. The van der Waals surface area contributed by atoms with Gasteiger partial charge in [-0.05, 0) is 58.1 Å². The summed E-state index contributed by atoms with van der Waals surface area (Å²) < 4.78 is 11.0. The van der Waals surface area contributed by atoms with Crippen molar-refractivity contribution in [3.8, 4) is 5.75 Å². The maximum Gasteiger partial charge on any atom is 0.407 e. The van der Waals surface area contributed by atoms with Crippen LogP contribution in [0.3, 0.4) is 0 Å². The number of hydrogen-bond acceptors (Lipinski definition) is 3. The molecule has 1 amide bonds. The van der Waals surface area contributed by atoms with Gasteiger partial charge in [0.2, 0.25) is 8.32 Å². The van der Waals surface area contributed by atoms with E-state index in [1.165, 1.54) is 0 Å². The maximum atomic E-state index is 11.6. The van der Waals surface area contributed by atoms with Crippen molar-refractivity contribution in [1.82, 2.24) is 5.32 Å². The molecule has 0 unspecified atom stereocenters. The minimum atomic E-state index is -1.65. The molecular weight excluding hydrogens is 306 g/mol. The van der Waals surface area contributed by atoms with Crippen LogP contribution in [-0.2, 0) is 11.3 Å². The van der Waals surface area contributed by atoms with Crippen LogP contribution < -0.4 is 9.74 Å². The van der Waals surface area contributed by atoms with E-state index in [0.717, 1.165) is 11.3 Å². The summed E-state index contributed by atoms with van der Waals surface area (Å²) in [5.41, 5.74) is 0.313. The zero-order chi connectivity index (χ0) is 16.3. The van der Waals surface area contributed by atoms with E-state index in [4.69, 9.17) is 20.8 Å². The second-order valence-corrected chi connectivity index (χ2v) is 11.7. The van der Waals surface area contributed by atoms with E-state index < -0.39 is 20.0 Å². The van der Waals surface area contributed by atoms with Crippen molar-refractivity contribution >= 4 is 26.0 Å². The van der Waals surface area contributed by atoms with Crippen LogP contribution in [0.15, 0.2) is 18.2 Å². The van der Waals surface area contributed by atoms with Gasteiger partial charge in [0.15, 0.2) is 0 Å². The summed E-state index contributed by atoms with van der Waals surface area (Å²) in [6.45, 7) is 12.1. The van der Waals surface area contributed by atoms with Crippen molar-refractivity contribution in [1.29, 1.82) is 0 Å². The lowest BCUT2D eigenvalue weighted by atomic mass is 10.2. The topological polar surface area (TPSA) is 47.6 Å². The molecule has 0 bridgehead atoms. The van der Waals surface area contributed by atoms with Gasteiger partial charge in [0.1, 0.15) is 11.4 Å². The summed E-state index contributed by atoms with van der Waals surface area (Å²) in [5.74, 6) is 0.764. The summed E-state index contributed by atoms with van der Waals surface area (Å²) in [5, 5.41) is 3.26. The van der Waals surface area contributed by atoms with E-state index in [0.29, 0.717) is 11.6 Å². The highest BCUT2D eigenvalue weighted by Crippen LogP contribution is 2.24. The lowest BCUT2D eigenvalue weighted by Crippen LogP contribution is -2.32. The average molecular weight is 330 g/mol. The smallest absolute Gasteiger partial charge is 0.407 e. The molecule has 0 aliphatic rings. The molecule has 0 spiro atoms. The third-order valence-electron chi connectivity index (χ3n) is 2.27. The van der Waals surface area contributed by atoms with Gasteiger partial charge in [-0.3, -0.25) is 0 Å². The number of amides is 1. The van der Waals surface area contributed by atoms with Crippen LogP contribution in [0.25, 0.3) is 0 Å². The van der Waals surface area contributed by atoms with Crippen LogP contribution in [0.4, 0.5) is 4.79 Å². The molecule has 1 aromatic rings. The van der Waals surface area contributed by atoms with Gasteiger partial charge in [-0.2, -0.15) is 0 Å². The van der Waals surface area contributed by atoms with Crippen LogP contribution in [0.1, 0.15) is 26.3 Å². The Hall–Kier alpha value is -1.20. The fourth-order valence-electron chi connectivity index (χ4n) is 1.57. The number of nitrogens with one attached hydrogen (secondary N) is 1. The number of rotatable bonds is 4. The Bertz CT molecular complexity index is 507. The van der Waals surface area contributed by atoms with Crippen LogP contribution in [-0.4, -0.2) is 20.0 Å².